The normalized spacial score (nSPS) is 12.5. The van der Waals surface area contributed by atoms with Crippen LogP contribution >= 0.6 is 0 Å². The lowest BCUT2D eigenvalue weighted by atomic mass is 9.91. The summed E-state index contributed by atoms with van der Waals surface area (Å²) in [5, 5.41) is 7.48. The molecule has 0 aliphatic carbocycles. The SMILES string of the molecule is CN(c1ccc[nH]1)c1ccc(C(Nc2ccc[nH]2)c2ccccc2)cc1C(Nc1ccc[nH]1)c1ccccc1. The maximum absolute atomic E-state index is 3.76. The summed E-state index contributed by atoms with van der Waals surface area (Å²) in [6.07, 6.45) is 5.84. The van der Waals surface area contributed by atoms with E-state index in [9.17, 15) is 0 Å². The van der Waals surface area contributed by atoms with Crippen molar-refractivity contribution in [3.05, 3.63) is 156 Å². The summed E-state index contributed by atoms with van der Waals surface area (Å²) < 4.78 is 0. The zero-order chi connectivity index (χ0) is 26.4. The number of hydrogen-bond donors (Lipinski definition) is 5. The third kappa shape index (κ3) is 5.31. The molecule has 6 heteroatoms. The minimum atomic E-state index is -0.0980. The van der Waals surface area contributed by atoms with Crippen LogP contribution in [0.25, 0.3) is 0 Å². The van der Waals surface area contributed by atoms with E-state index in [1.54, 1.807) is 0 Å². The predicted octanol–water partition coefficient (Wildman–Crippen LogP) is 7.84. The van der Waals surface area contributed by atoms with Gasteiger partial charge in [-0.25, -0.2) is 0 Å². The number of benzene rings is 3. The Bertz CT molecular complexity index is 1560. The van der Waals surface area contributed by atoms with E-state index < -0.39 is 0 Å². The topological polar surface area (TPSA) is 74.7 Å². The Morgan fingerprint density at radius 3 is 1.67 bits per heavy atom. The van der Waals surface area contributed by atoms with Gasteiger partial charge >= 0.3 is 0 Å². The Morgan fingerprint density at radius 2 is 1.10 bits per heavy atom. The van der Waals surface area contributed by atoms with E-state index in [1.807, 2.05) is 36.8 Å². The van der Waals surface area contributed by atoms with Crippen LogP contribution in [-0.4, -0.2) is 22.0 Å². The van der Waals surface area contributed by atoms with Crippen LogP contribution in [0, 0.1) is 0 Å². The van der Waals surface area contributed by atoms with Crippen molar-refractivity contribution >= 4 is 23.1 Å². The molecule has 194 valence electrons. The Kier molecular flexibility index (Phi) is 6.91. The van der Waals surface area contributed by atoms with Crippen LogP contribution in [0.4, 0.5) is 23.1 Å². The van der Waals surface area contributed by atoms with E-state index in [0.29, 0.717) is 0 Å². The molecule has 0 spiro atoms. The van der Waals surface area contributed by atoms with Crippen LogP contribution in [0.2, 0.25) is 0 Å². The maximum Gasteiger partial charge on any atom is 0.110 e. The average Bonchev–Trinajstić information content (AvgIpc) is 3.80. The van der Waals surface area contributed by atoms with Gasteiger partial charge in [0.15, 0.2) is 0 Å². The fourth-order valence-electron chi connectivity index (χ4n) is 5.09. The molecule has 5 N–H and O–H groups in total. The molecule has 0 fully saturated rings. The summed E-state index contributed by atoms with van der Waals surface area (Å²) in [5.41, 5.74) is 5.82. The lowest BCUT2D eigenvalue weighted by Crippen LogP contribution is -2.20. The number of anilines is 4. The molecule has 3 heterocycles. The van der Waals surface area contributed by atoms with E-state index in [4.69, 9.17) is 0 Å². The molecule has 0 saturated heterocycles. The minimum absolute atomic E-state index is 0.0460. The molecule has 39 heavy (non-hydrogen) atoms. The van der Waals surface area contributed by atoms with Gasteiger partial charge in [0.25, 0.3) is 0 Å². The van der Waals surface area contributed by atoms with Gasteiger partial charge in [-0.2, -0.15) is 0 Å². The Morgan fingerprint density at radius 1 is 0.538 bits per heavy atom. The number of H-pyrrole nitrogens is 3. The van der Waals surface area contributed by atoms with Gasteiger partial charge in [0.05, 0.1) is 12.1 Å². The van der Waals surface area contributed by atoms with Gasteiger partial charge in [0, 0.05) is 36.9 Å². The molecule has 0 radical (unpaired) electrons. The highest BCUT2D eigenvalue weighted by Crippen LogP contribution is 2.38. The first kappa shape index (κ1) is 24.2. The lowest BCUT2D eigenvalue weighted by Gasteiger charge is -2.29. The predicted molar refractivity (Wildman–Crippen MR) is 161 cm³/mol. The lowest BCUT2D eigenvalue weighted by molar-refractivity contribution is 0.891. The molecule has 6 rings (SSSR count). The summed E-state index contributed by atoms with van der Waals surface area (Å²) in [6.45, 7) is 0. The van der Waals surface area contributed by atoms with Crippen LogP contribution < -0.4 is 15.5 Å². The van der Waals surface area contributed by atoms with Gasteiger partial charge in [0.1, 0.15) is 17.5 Å². The van der Waals surface area contributed by atoms with E-state index in [-0.39, 0.29) is 12.1 Å². The summed E-state index contributed by atoms with van der Waals surface area (Å²) in [4.78, 5) is 12.2. The van der Waals surface area contributed by atoms with Crippen LogP contribution in [0.15, 0.2) is 134 Å². The second-order valence-electron chi connectivity index (χ2n) is 9.58. The standard InChI is InChI=1S/C33H32N6/c1-39(31-17-10-22-36-31)28-19-18-26(32(24-11-4-2-5-12-24)37-29-15-8-20-34-29)23-27(28)33(25-13-6-3-7-14-25)38-30-16-9-21-35-30/h2-23,32-38H,1H3. The highest BCUT2D eigenvalue weighted by molar-refractivity contribution is 5.68. The first-order valence-electron chi connectivity index (χ1n) is 13.2. The summed E-state index contributed by atoms with van der Waals surface area (Å²) in [6, 6.07) is 40.1. The average molecular weight is 513 g/mol. The zero-order valence-electron chi connectivity index (χ0n) is 21.8. The Labute approximate surface area is 228 Å². The molecule has 0 saturated carbocycles. The third-order valence-electron chi connectivity index (χ3n) is 7.06. The number of aromatic amines is 3. The van der Waals surface area contributed by atoms with Gasteiger partial charge in [-0.15, -0.1) is 0 Å². The van der Waals surface area contributed by atoms with Crippen molar-refractivity contribution in [2.75, 3.05) is 22.6 Å². The minimum Gasteiger partial charge on any atom is -0.361 e. The largest absolute Gasteiger partial charge is 0.361 e. The monoisotopic (exact) mass is 512 g/mol. The Balaban J connectivity index is 1.51. The first-order valence-corrected chi connectivity index (χ1v) is 13.2. The third-order valence-corrected chi connectivity index (χ3v) is 7.06. The van der Waals surface area contributed by atoms with E-state index in [1.165, 1.54) is 22.3 Å². The van der Waals surface area contributed by atoms with E-state index in [0.717, 1.165) is 23.1 Å². The van der Waals surface area contributed by atoms with Crippen molar-refractivity contribution in [3.63, 3.8) is 0 Å². The molecule has 6 nitrogen and oxygen atoms in total. The van der Waals surface area contributed by atoms with Crippen LogP contribution in [0.5, 0.6) is 0 Å². The molecule has 3 aromatic heterocycles. The Hall–Kier alpha value is -5.10. The highest BCUT2D eigenvalue weighted by atomic mass is 15.2. The molecule has 2 unspecified atom stereocenters. The van der Waals surface area contributed by atoms with Crippen molar-refractivity contribution in [3.8, 4) is 0 Å². The van der Waals surface area contributed by atoms with Crippen molar-refractivity contribution in [1.82, 2.24) is 15.0 Å². The molecule has 0 amide bonds. The summed E-state index contributed by atoms with van der Waals surface area (Å²) in [7, 11) is 2.10. The van der Waals surface area contributed by atoms with Gasteiger partial charge in [0.2, 0.25) is 0 Å². The van der Waals surface area contributed by atoms with E-state index >= 15 is 0 Å². The smallest absolute Gasteiger partial charge is 0.110 e. The summed E-state index contributed by atoms with van der Waals surface area (Å²) in [5.74, 6) is 2.97. The fourth-order valence-corrected chi connectivity index (χ4v) is 5.09. The molecule has 2 atom stereocenters. The maximum atomic E-state index is 3.76. The van der Waals surface area contributed by atoms with Crippen molar-refractivity contribution in [1.29, 1.82) is 0 Å². The van der Waals surface area contributed by atoms with Gasteiger partial charge in [-0.3, -0.25) is 0 Å². The second-order valence-corrected chi connectivity index (χ2v) is 9.58. The first-order chi connectivity index (χ1) is 19.3. The zero-order valence-corrected chi connectivity index (χ0v) is 21.8. The fraction of sp³-hybridized carbons (Fsp3) is 0.0909. The van der Waals surface area contributed by atoms with E-state index in [2.05, 4.69) is 135 Å². The molecule has 0 aliphatic rings. The molecule has 3 aromatic carbocycles. The highest BCUT2D eigenvalue weighted by Gasteiger charge is 2.24. The molecule has 0 bridgehead atoms. The van der Waals surface area contributed by atoms with Gasteiger partial charge < -0.3 is 30.5 Å². The quantitative estimate of drug-likeness (QED) is 0.130. The molecule has 6 aromatic rings. The van der Waals surface area contributed by atoms with Crippen molar-refractivity contribution in [2.24, 2.45) is 0 Å². The molecular formula is C33H32N6. The van der Waals surface area contributed by atoms with Crippen LogP contribution in [0.3, 0.4) is 0 Å². The number of nitrogens with one attached hydrogen (secondary N) is 5. The van der Waals surface area contributed by atoms with Crippen LogP contribution in [0.1, 0.15) is 34.3 Å². The van der Waals surface area contributed by atoms with Gasteiger partial charge in [-0.05, 0) is 65.2 Å². The van der Waals surface area contributed by atoms with Gasteiger partial charge in [-0.1, -0.05) is 66.7 Å². The number of hydrogen-bond acceptors (Lipinski definition) is 3. The van der Waals surface area contributed by atoms with Crippen molar-refractivity contribution < 1.29 is 0 Å². The molecular weight excluding hydrogens is 480 g/mol. The molecule has 0 aliphatic heterocycles. The van der Waals surface area contributed by atoms with Crippen molar-refractivity contribution in [2.45, 2.75) is 12.1 Å². The number of rotatable bonds is 10. The summed E-state index contributed by atoms with van der Waals surface area (Å²) >= 11 is 0. The second kappa shape index (κ2) is 11.1. The van der Waals surface area contributed by atoms with Crippen LogP contribution in [-0.2, 0) is 0 Å². The number of nitrogens with zero attached hydrogens (tertiary/aromatic N) is 1. The number of aromatic nitrogens is 3.